The van der Waals surface area contributed by atoms with Crippen molar-refractivity contribution in [3.05, 3.63) is 168 Å². The number of imidazole rings is 1. The molecule has 1 heterocycles. The number of carboxylic acids is 1. The van der Waals surface area contributed by atoms with Crippen molar-refractivity contribution in [1.29, 1.82) is 0 Å². The molecule has 1 unspecified atom stereocenters. The Morgan fingerprint density at radius 1 is 0.750 bits per heavy atom. The van der Waals surface area contributed by atoms with Crippen LogP contribution in [0.25, 0.3) is 10.8 Å². The van der Waals surface area contributed by atoms with E-state index < -0.39 is 22.5 Å². The summed E-state index contributed by atoms with van der Waals surface area (Å²) < 4.78 is 8.05. The molecule has 6 rings (SSSR count). The molecule has 6 heteroatoms. The molecule has 0 bridgehead atoms. The van der Waals surface area contributed by atoms with Gasteiger partial charge in [0.2, 0.25) is 0 Å². The van der Waals surface area contributed by atoms with E-state index in [9.17, 15) is 15.0 Å². The molecule has 1 atom stereocenters. The first-order valence-corrected chi connectivity index (χ1v) is 16.4. The van der Waals surface area contributed by atoms with Crippen LogP contribution in [0.1, 0.15) is 62.1 Å². The van der Waals surface area contributed by atoms with Gasteiger partial charge in [-0.15, -0.1) is 0 Å². The smallest absolute Gasteiger partial charge is 0.309 e. The van der Waals surface area contributed by atoms with Crippen molar-refractivity contribution in [3.8, 4) is 5.75 Å². The number of hydrogen-bond donors (Lipinski definition) is 2. The first-order valence-electron chi connectivity index (χ1n) is 16.4. The molecular weight excluding hydrogens is 596 g/mol. The average molecular weight is 639 g/mol. The lowest BCUT2D eigenvalue weighted by atomic mass is 9.76. The minimum Gasteiger partial charge on any atom is -0.494 e. The first-order chi connectivity index (χ1) is 23.1. The van der Waals surface area contributed by atoms with E-state index in [1.807, 2.05) is 81.0 Å². The van der Waals surface area contributed by atoms with Gasteiger partial charge in [0.25, 0.3) is 0 Å². The summed E-state index contributed by atoms with van der Waals surface area (Å²) >= 11 is 0. The summed E-state index contributed by atoms with van der Waals surface area (Å²) in [6.45, 7) is 7.72. The molecule has 0 spiro atoms. The lowest BCUT2D eigenvalue weighted by molar-refractivity contribution is -0.147. The maximum Gasteiger partial charge on any atom is 0.309 e. The number of benzene rings is 5. The van der Waals surface area contributed by atoms with Gasteiger partial charge >= 0.3 is 5.97 Å². The SMILES string of the molecule is CC(C)C(O)(c1ccc2cc(OCCC(C)(C)C(=O)O)ccc2c1)c1cn(C(c2ccccc2)(c2ccccc2)c2ccccc2)cn1. The summed E-state index contributed by atoms with van der Waals surface area (Å²) in [5.74, 6) is -0.364. The van der Waals surface area contributed by atoms with Crippen LogP contribution in [-0.2, 0) is 15.9 Å². The average Bonchev–Trinajstić information content (AvgIpc) is 3.60. The molecule has 2 N–H and O–H groups in total. The molecule has 0 amide bonds. The highest BCUT2D eigenvalue weighted by Crippen LogP contribution is 2.43. The van der Waals surface area contributed by atoms with Gasteiger partial charge in [-0.25, -0.2) is 4.98 Å². The molecule has 6 aromatic rings. The van der Waals surface area contributed by atoms with E-state index in [0.717, 1.165) is 33.0 Å². The summed E-state index contributed by atoms with van der Waals surface area (Å²) in [7, 11) is 0. The van der Waals surface area contributed by atoms with Crippen molar-refractivity contribution >= 4 is 16.7 Å². The van der Waals surface area contributed by atoms with E-state index in [0.29, 0.717) is 24.5 Å². The maximum absolute atomic E-state index is 12.6. The fourth-order valence-corrected chi connectivity index (χ4v) is 6.55. The molecule has 0 aliphatic heterocycles. The largest absolute Gasteiger partial charge is 0.494 e. The van der Waals surface area contributed by atoms with E-state index in [1.54, 1.807) is 13.8 Å². The van der Waals surface area contributed by atoms with Crippen LogP contribution in [0.3, 0.4) is 0 Å². The summed E-state index contributed by atoms with van der Waals surface area (Å²) in [4.78, 5) is 16.4. The number of ether oxygens (including phenoxy) is 1. The Bertz CT molecular complexity index is 1910. The van der Waals surface area contributed by atoms with Crippen LogP contribution in [0.15, 0.2) is 140 Å². The zero-order chi connectivity index (χ0) is 33.9. The molecule has 0 aliphatic rings. The quantitative estimate of drug-likeness (QED) is 0.131. The third-order valence-corrected chi connectivity index (χ3v) is 9.60. The van der Waals surface area contributed by atoms with E-state index >= 15 is 0 Å². The molecular formula is C42H42N2O4. The molecule has 0 aliphatic carbocycles. The van der Waals surface area contributed by atoms with E-state index in [-0.39, 0.29) is 5.92 Å². The summed E-state index contributed by atoms with van der Waals surface area (Å²) in [6, 6.07) is 43.0. The molecule has 5 aromatic carbocycles. The summed E-state index contributed by atoms with van der Waals surface area (Å²) in [5.41, 5.74) is 1.56. The van der Waals surface area contributed by atoms with Gasteiger partial charge in [0.15, 0.2) is 0 Å². The van der Waals surface area contributed by atoms with Crippen molar-refractivity contribution in [2.45, 2.75) is 45.3 Å². The number of carboxylic acid groups (broad SMARTS) is 1. The monoisotopic (exact) mass is 638 g/mol. The first kappa shape index (κ1) is 32.7. The predicted molar refractivity (Wildman–Crippen MR) is 190 cm³/mol. The number of fused-ring (bicyclic) bond motifs is 1. The van der Waals surface area contributed by atoms with E-state index in [2.05, 4.69) is 77.4 Å². The second kappa shape index (κ2) is 13.1. The van der Waals surface area contributed by atoms with Crippen LogP contribution in [0, 0.1) is 11.3 Å². The molecule has 1 aromatic heterocycles. The molecule has 48 heavy (non-hydrogen) atoms. The molecule has 0 fully saturated rings. The number of carbonyl (C=O) groups is 1. The maximum atomic E-state index is 12.6. The van der Waals surface area contributed by atoms with Crippen molar-refractivity contribution < 1.29 is 19.7 Å². The summed E-state index contributed by atoms with van der Waals surface area (Å²) in [5, 5.41) is 23.9. The fourth-order valence-electron chi connectivity index (χ4n) is 6.55. The predicted octanol–water partition coefficient (Wildman–Crippen LogP) is 8.65. The van der Waals surface area contributed by atoms with Gasteiger partial charge in [-0.2, -0.15) is 0 Å². The Morgan fingerprint density at radius 3 is 1.79 bits per heavy atom. The van der Waals surface area contributed by atoms with Crippen LogP contribution in [0.2, 0.25) is 0 Å². The Hall–Kier alpha value is -5.20. The van der Waals surface area contributed by atoms with Crippen LogP contribution < -0.4 is 4.74 Å². The molecule has 0 saturated heterocycles. The van der Waals surface area contributed by atoms with Crippen molar-refractivity contribution in [2.75, 3.05) is 6.61 Å². The standard InChI is InChI=1S/C42H42N2O4/c1-30(2)42(47,36-22-20-32-27-37(23-21-31(32)26-36)48-25-24-40(3,4)39(45)46)38-28-44(29-43-38)41(33-14-8-5-9-15-33,34-16-10-6-11-17-34)35-18-12-7-13-19-35/h5-23,26-30,47H,24-25H2,1-4H3,(H,45,46). The van der Waals surface area contributed by atoms with Gasteiger partial charge in [-0.1, -0.05) is 123 Å². The summed E-state index contributed by atoms with van der Waals surface area (Å²) in [6.07, 6.45) is 4.23. The van der Waals surface area contributed by atoms with Crippen LogP contribution >= 0.6 is 0 Å². The normalized spacial score (nSPS) is 13.4. The number of rotatable bonds is 12. The molecule has 0 saturated carbocycles. The van der Waals surface area contributed by atoms with Crippen LogP contribution in [0.4, 0.5) is 0 Å². The Kier molecular flexibility index (Phi) is 8.95. The van der Waals surface area contributed by atoms with Crippen LogP contribution in [0.5, 0.6) is 5.75 Å². The molecule has 6 nitrogen and oxygen atoms in total. The minimum atomic E-state index is -1.38. The second-order valence-electron chi connectivity index (χ2n) is 13.4. The van der Waals surface area contributed by atoms with Gasteiger partial charge in [0.1, 0.15) is 16.9 Å². The molecule has 244 valence electrons. The van der Waals surface area contributed by atoms with E-state index in [1.165, 1.54) is 0 Å². The number of aliphatic carboxylic acids is 1. The number of aliphatic hydroxyl groups is 1. The Morgan fingerprint density at radius 2 is 1.27 bits per heavy atom. The third-order valence-electron chi connectivity index (χ3n) is 9.60. The molecule has 0 radical (unpaired) electrons. The third kappa shape index (κ3) is 5.88. The second-order valence-corrected chi connectivity index (χ2v) is 13.4. The number of hydrogen-bond acceptors (Lipinski definition) is 4. The Balaban J connectivity index is 1.41. The van der Waals surface area contributed by atoms with Gasteiger partial charge < -0.3 is 19.5 Å². The van der Waals surface area contributed by atoms with Crippen molar-refractivity contribution in [2.24, 2.45) is 11.3 Å². The van der Waals surface area contributed by atoms with Gasteiger partial charge in [-0.3, -0.25) is 4.79 Å². The lowest BCUT2D eigenvalue weighted by Gasteiger charge is -2.37. The minimum absolute atomic E-state index is 0.196. The number of nitrogens with zero attached hydrogens (tertiary/aromatic N) is 2. The van der Waals surface area contributed by atoms with Crippen LogP contribution in [-0.4, -0.2) is 32.3 Å². The number of aromatic nitrogens is 2. The topological polar surface area (TPSA) is 84.6 Å². The highest BCUT2D eigenvalue weighted by Gasteiger charge is 2.42. The Labute approximate surface area is 282 Å². The van der Waals surface area contributed by atoms with Gasteiger partial charge in [0.05, 0.1) is 24.0 Å². The lowest BCUT2D eigenvalue weighted by Crippen LogP contribution is -2.37. The fraction of sp³-hybridized carbons (Fsp3) is 0.238. The van der Waals surface area contributed by atoms with E-state index in [4.69, 9.17) is 9.72 Å². The highest BCUT2D eigenvalue weighted by molar-refractivity contribution is 5.85. The zero-order valence-corrected chi connectivity index (χ0v) is 27.9. The highest BCUT2D eigenvalue weighted by atomic mass is 16.5. The van der Waals surface area contributed by atoms with Crippen molar-refractivity contribution in [3.63, 3.8) is 0 Å². The van der Waals surface area contributed by atoms with Gasteiger partial charge in [0, 0.05) is 6.20 Å². The zero-order valence-electron chi connectivity index (χ0n) is 27.9. The van der Waals surface area contributed by atoms with Crippen molar-refractivity contribution in [1.82, 2.24) is 9.55 Å². The van der Waals surface area contributed by atoms with Gasteiger partial charge in [-0.05, 0) is 77.4 Å².